The molecule has 1 aliphatic rings. The number of Topliss-reactive ketones (excluding diaryl/α,β-unsaturated/α-hetero) is 1. The lowest BCUT2D eigenvalue weighted by Crippen LogP contribution is -2.17. The van der Waals surface area contributed by atoms with E-state index in [2.05, 4.69) is 11.4 Å². The zero-order valence-corrected chi connectivity index (χ0v) is 11.8. The van der Waals surface area contributed by atoms with Crippen LogP contribution >= 0.6 is 11.3 Å². The van der Waals surface area contributed by atoms with Gasteiger partial charge in [0.15, 0.2) is 5.78 Å². The van der Waals surface area contributed by atoms with E-state index in [1.54, 1.807) is 17.6 Å². The minimum Gasteiger partial charge on any atom is -0.464 e. The molecule has 0 amide bonds. The van der Waals surface area contributed by atoms with Gasteiger partial charge in [0.2, 0.25) is 0 Å². The molecule has 0 fully saturated rings. The van der Waals surface area contributed by atoms with Gasteiger partial charge in [-0.3, -0.25) is 4.79 Å². The highest BCUT2D eigenvalue weighted by atomic mass is 32.1. The maximum Gasteiger partial charge on any atom is 0.174 e. The van der Waals surface area contributed by atoms with E-state index in [1.807, 2.05) is 24.3 Å². The number of rotatable bonds is 2. The van der Waals surface area contributed by atoms with E-state index in [0.717, 1.165) is 35.8 Å². The summed E-state index contributed by atoms with van der Waals surface area (Å²) in [6, 6.07) is 9.86. The van der Waals surface area contributed by atoms with E-state index in [1.165, 1.54) is 10.4 Å². The fourth-order valence-corrected chi connectivity index (χ4v) is 4.10. The highest BCUT2D eigenvalue weighted by Crippen LogP contribution is 2.38. The quantitative estimate of drug-likeness (QED) is 0.632. The zero-order valence-electron chi connectivity index (χ0n) is 11.0. The minimum atomic E-state index is 0.00556. The first-order chi connectivity index (χ1) is 9.84. The van der Waals surface area contributed by atoms with Crippen molar-refractivity contribution in [2.24, 2.45) is 0 Å². The molecule has 0 radical (unpaired) electrons. The molecule has 2 aromatic heterocycles. The van der Waals surface area contributed by atoms with Crippen molar-refractivity contribution >= 4 is 28.1 Å². The van der Waals surface area contributed by atoms with E-state index < -0.39 is 0 Å². The van der Waals surface area contributed by atoms with Crippen molar-refractivity contribution in [3.05, 3.63) is 58.0 Å². The number of carbonyl (C=O) groups excluding carboxylic acids is 1. The molecule has 0 bridgehead atoms. The molecule has 0 saturated heterocycles. The monoisotopic (exact) mass is 282 g/mol. The summed E-state index contributed by atoms with van der Waals surface area (Å²) in [5, 5.41) is 3.03. The van der Waals surface area contributed by atoms with Crippen molar-refractivity contribution in [3.63, 3.8) is 0 Å². The Kier molecular flexibility index (Phi) is 2.74. The summed E-state index contributed by atoms with van der Waals surface area (Å²) < 4.78 is 5.51. The molecule has 100 valence electrons. The van der Waals surface area contributed by atoms with E-state index in [4.69, 9.17) is 4.42 Å². The van der Waals surface area contributed by atoms with Gasteiger partial charge >= 0.3 is 0 Å². The standard InChI is InChI=1S/C17H14O2S/c18-17(13-5-3-7-16-12(13)8-9-20-16)14-10-19-15-6-2-1-4-11(14)15/h1-2,4,6,8-10,13H,3,5,7H2. The van der Waals surface area contributed by atoms with Crippen LogP contribution < -0.4 is 0 Å². The molecule has 1 aliphatic carbocycles. The third-order valence-corrected chi connectivity index (χ3v) is 5.11. The van der Waals surface area contributed by atoms with Gasteiger partial charge in [0.1, 0.15) is 11.8 Å². The summed E-state index contributed by atoms with van der Waals surface area (Å²) in [5.74, 6) is 0.209. The van der Waals surface area contributed by atoms with Gasteiger partial charge in [-0.05, 0) is 42.3 Å². The lowest BCUT2D eigenvalue weighted by molar-refractivity contribution is 0.0952. The van der Waals surface area contributed by atoms with Gasteiger partial charge in [0.25, 0.3) is 0 Å². The van der Waals surface area contributed by atoms with Crippen LogP contribution in [0.5, 0.6) is 0 Å². The number of aryl methyl sites for hydroxylation is 1. The van der Waals surface area contributed by atoms with Crippen molar-refractivity contribution < 1.29 is 9.21 Å². The van der Waals surface area contributed by atoms with E-state index in [-0.39, 0.29) is 11.7 Å². The molecule has 1 aromatic carbocycles. The molecule has 0 saturated carbocycles. The molecule has 2 nitrogen and oxygen atoms in total. The van der Waals surface area contributed by atoms with Gasteiger partial charge in [-0.2, -0.15) is 0 Å². The van der Waals surface area contributed by atoms with Crippen molar-refractivity contribution in [1.29, 1.82) is 0 Å². The highest BCUT2D eigenvalue weighted by molar-refractivity contribution is 7.10. The Hall–Kier alpha value is -1.87. The van der Waals surface area contributed by atoms with Crippen LogP contribution in [0.3, 0.4) is 0 Å². The number of hydrogen-bond acceptors (Lipinski definition) is 3. The second-order valence-corrected chi connectivity index (χ2v) is 6.25. The maximum atomic E-state index is 12.9. The van der Waals surface area contributed by atoms with Crippen LogP contribution in [0.2, 0.25) is 0 Å². The van der Waals surface area contributed by atoms with Crippen LogP contribution in [-0.2, 0) is 6.42 Å². The Morgan fingerprint density at radius 3 is 3.10 bits per heavy atom. The smallest absolute Gasteiger partial charge is 0.174 e. The lowest BCUT2D eigenvalue weighted by atomic mass is 9.82. The summed E-state index contributed by atoms with van der Waals surface area (Å²) in [6.45, 7) is 0. The average Bonchev–Trinajstić information content (AvgIpc) is 3.12. The molecular formula is C17H14O2S. The summed E-state index contributed by atoms with van der Waals surface area (Å²) >= 11 is 1.77. The Balaban J connectivity index is 1.79. The zero-order chi connectivity index (χ0) is 13.5. The average molecular weight is 282 g/mol. The Bertz CT molecular complexity index is 781. The number of fused-ring (bicyclic) bond motifs is 2. The van der Waals surface area contributed by atoms with Gasteiger partial charge < -0.3 is 4.42 Å². The Labute approximate surface area is 121 Å². The van der Waals surface area contributed by atoms with Gasteiger partial charge in [0, 0.05) is 16.2 Å². The molecular weight excluding hydrogens is 268 g/mol. The van der Waals surface area contributed by atoms with Crippen LogP contribution in [0.1, 0.15) is 39.6 Å². The van der Waals surface area contributed by atoms with Crippen molar-refractivity contribution in [2.45, 2.75) is 25.2 Å². The molecule has 0 spiro atoms. The lowest BCUT2D eigenvalue weighted by Gasteiger charge is -2.20. The topological polar surface area (TPSA) is 30.2 Å². The number of furan rings is 1. The number of thiophene rings is 1. The third-order valence-electron chi connectivity index (χ3n) is 4.11. The van der Waals surface area contributed by atoms with Gasteiger partial charge in [-0.15, -0.1) is 11.3 Å². The Morgan fingerprint density at radius 2 is 2.15 bits per heavy atom. The van der Waals surface area contributed by atoms with E-state index >= 15 is 0 Å². The number of para-hydroxylation sites is 1. The molecule has 3 aromatic rings. The summed E-state index contributed by atoms with van der Waals surface area (Å²) in [5.41, 5.74) is 2.75. The van der Waals surface area contributed by atoms with E-state index in [0.29, 0.717) is 0 Å². The minimum absolute atomic E-state index is 0.00556. The number of benzene rings is 1. The Morgan fingerprint density at radius 1 is 1.25 bits per heavy atom. The highest BCUT2D eigenvalue weighted by Gasteiger charge is 2.29. The molecule has 1 unspecified atom stereocenters. The van der Waals surface area contributed by atoms with Crippen molar-refractivity contribution in [1.82, 2.24) is 0 Å². The predicted molar refractivity (Wildman–Crippen MR) is 80.5 cm³/mol. The molecule has 0 N–H and O–H groups in total. The van der Waals surface area contributed by atoms with Crippen LogP contribution in [0.15, 0.2) is 46.4 Å². The fraction of sp³-hybridized carbons (Fsp3) is 0.235. The first-order valence-electron chi connectivity index (χ1n) is 6.91. The summed E-state index contributed by atoms with van der Waals surface area (Å²) in [7, 11) is 0. The molecule has 3 heteroatoms. The van der Waals surface area contributed by atoms with Crippen LogP contribution in [-0.4, -0.2) is 5.78 Å². The first kappa shape index (κ1) is 11.9. The predicted octanol–water partition coefficient (Wildman–Crippen LogP) is 4.80. The van der Waals surface area contributed by atoms with Crippen LogP contribution in [0.4, 0.5) is 0 Å². The largest absolute Gasteiger partial charge is 0.464 e. The third kappa shape index (κ3) is 1.74. The van der Waals surface area contributed by atoms with Crippen molar-refractivity contribution in [2.75, 3.05) is 0 Å². The normalized spacial score (nSPS) is 18.1. The second-order valence-electron chi connectivity index (χ2n) is 5.25. The summed E-state index contributed by atoms with van der Waals surface area (Å²) in [6.07, 6.45) is 4.78. The first-order valence-corrected chi connectivity index (χ1v) is 7.79. The van der Waals surface area contributed by atoms with Crippen LogP contribution in [0, 0.1) is 0 Å². The van der Waals surface area contributed by atoms with E-state index in [9.17, 15) is 4.79 Å². The number of ketones is 1. The number of hydrogen-bond donors (Lipinski definition) is 0. The van der Waals surface area contributed by atoms with Crippen molar-refractivity contribution in [3.8, 4) is 0 Å². The molecule has 4 rings (SSSR count). The van der Waals surface area contributed by atoms with Gasteiger partial charge in [-0.1, -0.05) is 18.2 Å². The molecule has 20 heavy (non-hydrogen) atoms. The molecule has 2 heterocycles. The SMILES string of the molecule is O=C(c1coc2ccccc12)C1CCCc2sccc21. The van der Waals surface area contributed by atoms with Crippen LogP contribution in [0.25, 0.3) is 11.0 Å². The second kappa shape index (κ2) is 4.60. The van der Waals surface area contributed by atoms with Gasteiger partial charge in [-0.25, -0.2) is 0 Å². The maximum absolute atomic E-state index is 12.9. The summed E-state index contributed by atoms with van der Waals surface area (Å²) in [4.78, 5) is 14.3. The number of carbonyl (C=O) groups is 1. The molecule has 1 atom stereocenters. The fourth-order valence-electron chi connectivity index (χ4n) is 3.12. The van der Waals surface area contributed by atoms with Gasteiger partial charge in [0.05, 0.1) is 5.56 Å². The molecule has 0 aliphatic heterocycles.